The zero-order valence-corrected chi connectivity index (χ0v) is 11.0. The molecule has 0 aliphatic carbocycles. The maximum Gasteiger partial charge on any atom is 0.00676 e. The molecule has 1 heterocycles. The Balaban J connectivity index is 2.56. The minimum atomic E-state index is 0.493. The van der Waals surface area contributed by atoms with Crippen molar-refractivity contribution in [1.82, 2.24) is 10.2 Å². The summed E-state index contributed by atoms with van der Waals surface area (Å²) in [5.41, 5.74) is 0.493. The van der Waals surface area contributed by atoms with Crippen molar-refractivity contribution in [2.45, 2.75) is 52.5 Å². The lowest BCUT2D eigenvalue weighted by atomic mass is 9.81. The highest BCUT2D eigenvalue weighted by molar-refractivity contribution is 4.86. The Kier molecular flexibility index (Phi) is 5.07. The summed E-state index contributed by atoms with van der Waals surface area (Å²) in [4.78, 5) is 2.68. The van der Waals surface area contributed by atoms with Crippen LogP contribution in [-0.4, -0.2) is 37.6 Å². The average Bonchev–Trinajstić information content (AvgIpc) is 2.63. The first kappa shape index (κ1) is 13.0. The SMILES string of the molecule is CCC(CC)(CNC)CN1CCCC1C. The minimum absolute atomic E-state index is 0.493. The lowest BCUT2D eigenvalue weighted by Gasteiger charge is -2.37. The van der Waals surface area contributed by atoms with E-state index in [-0.39, 0.29) is 0 Å². The number of hydrogen-bond donors (Lipinski definition) is 1. The third-order valence-electron chi connectivity index (χ3n) is 4.28. The van der Waals surface area contributed by atoms with E-state index in [4.69, 9.17) is 0 Å². The molecule has 0 aromatic carbocycles. The van der Waals surface area contributed by atoms with Crippen molar-refractivity contribution in [2.24, 2.45) is 5.41 Å². The standard InChI is InChI=1S/C13H28N2/c1-5-13(6-2,10-14-4)11-15-9-7-8-12(15)3/h12,14H,5-11H2,1-4H3. The molecule has 1 rings (SSSR count). The maximum absolute atomic E-state index is 3.37. The average molecular weight is 212 g/mol. The Bertz CT molecular complexity index is 175. The maximum atomic E-state index is 3.37. The lowest BCUT2D eigenvalue weighted by Crippen LogP contribution is -2.44. The van der Waals surface area contributed by atoms with Crippen LogP contribution in [0.5, 0.6) is 0 Å². The summed E-state index contributed by atoms with van der Waals surface area (Å²) < 4.78 is 0. The lowest BCUT2D eigenvalue weighted by molar-refractivity contribution is 0.132. The zero-order chi connectivity index (χ0) is 11.3. The molecule has 1 aliphatic rings. The third-order valence-corrected chi connectivity index (χ3v) is 4.28. The van der Waals surface area contributed by atoms with E-state index in [1.54, 1.807) is 0 Å². The Labute approximate surface area is 95.4 Å². The van der Waals surface area contributed by atoms with Crippen LogP contribution in [-0.2, 0) is 0 Å². The second kappa shape index (κ2) is 5.86. The summed E-state index contributed by atoms with van der Waals surface area (Å²) >= 11 is 0. The van der Waals surface area contributed by atoms with Gasteiger partial charge in [0.1, 0.15) is 0 Å². The van der Waals surface area contributed by atoms with E-state index >= 15 is 0 Å². The van der Waals surface area contributed by atoms with Crippen molar-refractivity contribution < 1.29 is 0 Å². The predicted molar refractivity (Wildman–Crippen MR) is 67.2 cm³/mol. The summed E-state index contributed by atoms with van der Waals surface area (Å²) in [5.74, 6) is 0. The Morgan fingerprint density at radius 1 is 1.33 bits per heavy atom. The van der Waals surface area contributed by atoms with Gasteiger partial charge in [-0.05, 0) is 51.6 Å². The summed E-state index contributed by atoms with van der Waals surface area (Å²) in [6.45, 7) is 10.8. The Morgan fingerprint density at radius 2 is 2.00 bits per heavy atom. The first-order valence-electron chi connectivity index (χ1n) is 6.56. The first-order valence-corrected chi connectivity index (χ1v) is 6.56. The van der Waals surface area contributed by atoms with Gasteiger partial charge in [0.25, 0.3) is 0 Å². The first-order chi connectivity index (χ1) is 7.17. The van der Waals surface area contributed by atoms with E-state index in [9.17, 15) is 0 Å². The summed E-state index contributed by atoms with van der Waals surface area (Å²) in [7, 11) is 2.08. The van der Waals surface area contributed by atoms with Crippen molar-refractivity contribution in [3.05, 3.63) is 0 Å². The van der Waals surface area contributed by atoms with Gasteiger partial charge in [-0.15, -0.1) is 0 Å². The fourth-order valence-corrected chi connectivity index (χ4v) is 2.81. The molecule has 1 N–H and O–H groups in total. The van der Waals surface area contributed by atoms with Crippen LogP contribution < -0.4 is 5.32 Å². The zero-order valence-electron chi connectivity index (χ0n) is 11.0. The molecule has 90 valence electrons. The van der Waals surface area contributed by atoms with Crippen LogP contribution in [0, 0.1) is 5.41 Å². The molecule has 2 nitrogen and oxygen atoms in total. The molecule has 0 spiro atoms. The van der Waals surface area contributed by atoms with E-state index < -0.39 is 0 Å². The molecule has 0 saturated carbocycles. The van der Waals surface area contributed by atoms with Crippen LogP contribution in [0.2, 0.25) is 0 Å². The summed E-state index contributed by atoms with van der Waals surface area (Å²) in [6, 6.07) is 0.805. The van der Waals surface area contributed by atoms with E-state index in [2.05, 4.69) is 38.0 Å². The number of rotatable bonds is 6. The number of nitrogens with zero attached hydrogens (tertiary/aromatic N) is 1. The van der Waals surface area contributed by atoms with Crippen LogP contribution >= 0.6 is 0 Å². The number of nitrogens with one attached hydrogen (secondary N) is 1. The number of hydrogen-bond acceptors (Lipinski definition) is 2. The van der Waals surface area contributed by atoms with Gasteiger partial charge in [0.05, 0.1) is 0 Å². The monoisotopic (exact) mass is 212 g/mol. The van der Waals surface area contributed by atoms with Gasteiger partial charge in [0, 0.05) is 19.1 Å². The topological polar surface area (TPSA) is 15.3 Å². The molecule has 0 amide bonds. The van der Waals surface area contributed by atoms with Gasteiger partial charge < -0.3 is 10.2 Å². The van der Waals surface area contributed by atoms with Gasteiger partial charge >= 0.3 is 0 Å². The van der Waals surface area contributed by atoms with Crippen LogP contribution in [0.3, 0.4) is 0 Å². The van der Waals surface area contributed by atoms with E-state index in [1.807, 2.05) is 0 Å². The second-order valence-corrected chi connectivity index (χ2v) is 5.20. The largest absolute Gasteiger partial charge is 0.319 e. The highest BCUT2D eigenvalue weighted by atomic mass is 15.2. The number of likely N-dealkylation sites (tertiary alicyclic amines) is 1. The summed E-state index contributed by atoms with van der Waals surface area (Å²) in [5, 5.41) is 3.37. The van der Waals surface area contributed by atoms with Gasteiger partial charge in [0.15, 0.2) is 0 Å². The molecule has 2 heteroatoms. The molecular weight excluding hydrogens is 184 g/mol. The smallest absolute Gasteiger partial charge is 0.00676 e. The Hall–Kier alpha value is -0.0800. The normalized spacial score (nSPS) is 23.6. The molecule has 0 radical (unpaired) electrons. The molecule has 0 aromatic heterocycles. The van der Waals surface area contributed by atoms with Crippen molar-refractivity contribution in [1.29, 1.82) is 0 Å². The molecule has 1 fully saturated rings. The van der Waals surface area contributed by atoms with E-state index in [0.717, 1.165) is 12.6 Å². The molecule has 0 bridgehead atoms. The van der Waals surface area contributed by atoms with Crippen molar-refractivity contribution in [3.63, 3.8) is 0 Å². The van der Waals surface area contributed by atoms with Crippen molar-refractivity contribution >= 4 is 0 Å². The molecule has 1 unspecified atom stereocenters. The highest BCUT2D eigenvalue weighted by Gasteiger charge is 2.31. The molecule has 1 aliphatic heterocycles. The fourth-order valence-electron chi connectivity index (χ4n) is 2.81. The summed E-state index contributed by atoms with van der Waals surface area (Å²) in [6.07, 6.45) is 5.36. The molecular formula is C13H28N2. The Morgan fingerprint density at radius 3 is 2.40 bits per heavy atom. The quantitative estimate of drug-likeness (QED) is 0.728. The second-order valence-electron chi connectivity index (χ2n) is 5.20. The molecule has 1 atom stereocenters. The van der Waals surface area contributed by atoms with Crippen LogP contribution in [0.4, 0.5) is 0 Å². The fraction of sp³-hybridized carbons (Fsp3) is 1.00. The van der Waals surface area contributed by atoms with Gasteiger partial charge in [-0.25, -0.2) is 0 Å². The van der Waals surface area contributed by atoms with Gasteiger partial charge in [-0.2, -0.15) is 0 Å². The third kappa shape index (κ3) is 3.18. The highest BCUT2D eigenvalue weighted by Crippen LogP contribution is 2.30. The minimum Gasteiger partial charge on any atom is -0.319 e. The van der Waals surface area contributed by atoms with E-state index in [1.165, 1.54) is 38.8 Å². The van der Waals surface area contributed by atoms with Crippen LogP contribution in [0.15, 0.2) is 0 Å². The van der Waals surface area contributed by atoms with Crippen LogP contribution in [0.25, 0.3) is 0 Å². The van der Waals surface area contributed by atoms with E-state index in [0.29, 0.717) is 5.41 Å². The predicted octanol–water partition coefficient (Wildman–Crippen LogP) is 2.50. The van der Waals surface area contributed by atoms with Crippen molar-refractivity contribution in [2.75, 3.05) is 26.7 Å². The van der Waals surface area contributed by atoms with Gasteiger partial charge in [-0.1, -0.05) is 13.8 Å². The molecule has 1 saturated heterocycles. The van der Waals surface area contributed by atoms with Gasteiger partial charge in [-0.3, -0.25) is 0 Å². The van der Waals surface area contributed by atoms with Gasteiger partial charge in [0.2, 0.25) is 0 Å². The molecule has 0 aromatic rings. The van der Waals surface area contributed by atoms with Crippen LogP contribution in [0.1, 0.15) is 46.5 Å². The molecule has 15 heavy (non-hydrogen) atoms. The van der Waals surface area contributed by atoms with Crippen molar-refractivity contribution in [3.8, 4) is 0 Å².